The van der Waals surface area contributed by atoms with E-state index in [0.717, 1.165) is 22.5 Å². The van der Waals surface area contributed by atoms with Gasteiger partial charge in [-0.05, 0) is 36.2 Å². The van der Waals surface area contributed by atoms with E-state index < -0.39 is 0 Å². The van der Waals surface area contributed by atoms with E-state index in [0.29, 0.717) is 18.5 Å². The Morgan fingerprint density at radius 3 is 3.05 bits per heavy atom. The summed E-state index contributed by atoms with van der Waals surface area (Å²) in [5.41, 5.74) is 4.07. The summed E-state index contributed by atoms with van der Waals surface area (Å²) in [4.78, 5) is 27.7. The van der Waals surface area contributed by atoms with Gasteiger partial charge in [0.15, 0.2) is 0 Å². The van der Waals surface area contributed by atoms with Crippen molar-refractivity contribution >= 4 is 17.5 Å². The number of rotatable bonds is 3. The number of aryl methyl sites for hydroxylation is 1. The molecule has 106 valence electrons. The van der Waals surface area contributed by atoms with E-state index in [1.807, 2.05) is 25.1 Å². The van der Waals surface area contributed by atoms with Crippen LogP contribution in [0.15, 0.2) is 36.5 Å². The lowest BCUT2D eigenvalue weighted by Gasteiger charge is -2.08. The number of pyridine rings is 1. The van der Waals surface area contributed by atoms with Crippen LogP contribution in [0.25, 0.3) is 0 Å². The molecule has 0 aliphatic carbocycles. The molecule has 0 spiro atoms. The Morgan fingerprint density at radius 2 is 2.24 bits per heavy atom. The van der Waals surface area contributed by atoms with Crippen molar-refractivity contribution in [2.24, 2.45) is 0 Å². The van der Waals surface area contributed by atoms with Gasteiger partial charge >= 0.3 is 0 Å². The van der Waals surface area contributed by atoms with Gasteiger partial charge in [0.25, 0.3) is 5.91 Å². The van der Waals surface area contributed by atoms with E-state index in [-0.39, 0.29) is 11.8 Å². The molecule has 0 unspecified atom stereocenters. The SMILES string of the molecule is Cc1cccnc1CNC(=O)c1ccc2c(c1)NC(=O)C2. The molecule has 2 amide bonds. The zero-order valence-electron chi connectivity index (χ0n) is 11.6. The Bertz CT molecular complexity index is 725. The number of fused-ring (bicyclic) bond motifs is 1. The fourth-order valence-corrected chi connectivity index (χ4v) is 2.33. The van der Waals surface area contributed by atoms with E-state index in [1.54, 1.807) is 18.3 Å². The maximum atomic E-state index is 12.2. The van der Waals surface area contributed by atoms with Gasteiger partial charge in [0.1, 0.15) is 0 Å². The minimum Gasteiger partial charge on any atom is -0.346 e. The first-order chi connectivity index (χ1) is 10.1. The maximum absolute atomic E-state index is 12.2. The minimum absolute atomic E-state index is 0.0355. The average Bonchev–Trinajstić information content (AvgIpc) is 2.85. The monoisotopic (exact) mass is 281 g/mol. The van der Waals surface area contributed by atoms with Crippen molar-refractivity contribution in [3.63, 3.8) is 0 Å². The number of anilines is 1. The summed E-state index contributed by atoms with van der Waals surface area (Å²) in [6.07, 6.45) is 2.09. The molecule has 0 bridgehead atoms. The van der Waals surface area contributed by atoms with Gasteiger partial charge in [0.05, 0.1) is 18.7 Å². The molecule has 1 aromatic heterocycles. The van der Waals surface area contributed by atoms with Gasteiger partial charge in [-0.25, -0.2) is 0 Å². The van der Waals surface area contributed by atoms with Gasteiger partial charge in [-0.2, -0.15) is 0 Å². The van der Waals surface area contributed by atoms with Gasteiger partial charge < -0.3 is 10.6 Å². The molecule has 21 heavy (non-hydrogen) atoms. The number of nitrogens with zero attached hydrogens (tertiary/aromatic N) is 1. The number of hydrogen-bond donors (Lipinski definition) is 2. The molecule has 2 heterocycles. The van der Waals surface area contributed by atoms with E-state index in [1.165, 1.54) is 0 Å². The van der Waals surface area contributed by atoms with Crippen LogP contribution in [0, 0.1) is 6.92 Å². The van der Waals surface area contributed by atoms with Crippen LogP contribution in [-0.2, 0) is 17.8 Å². The summed E-state index contributed by atoms with van der Waals surface area (Å²) in [6.45, 7) is 2.34. The van der Waals surface area contributed by atoms with Crippen LogP contribution < -0.4 is 10.6 Å². The second kappa shape index (κ2) is 5.36. The van der Waals surface area contributed by atoms with Crippen molar-refractivity contribution < 1.29 is 9.59 Å². The molecule has 1 aromatic carbocycles. The number of amides is 2. The summed E-state index contributed by atoms with van der Waals surface area (Å²) >= 11 is 0. The molecular formula is C16H15N3O2. The van der Waals surface area contributed by atoms with Crippen molar-refractivity contribution in [1.29, 1.82) is 0 Å². The molecule has 3 rings (SSSR count). The predicted octanol–water partition coefficient (Wildman–Crippen LogP) is 1.81. The van der Waals surface area contributed by atoms with Gasteiger partial charge in [-0.15, -0.1) is 0 Å². The van der Waals surface area contributed by atoms with Crippen LogP contribution in [-0.4, -0.2) is 16.8 Å². The molecule has 0 atom stereocenters. The van der Waals surface area contributed by atoms with Crippen LogP contribution in [0.2, 0.25) is 0 Å². The van der Waals surface area contributed by atoms with Gasteiger partial charge in [-0.1, -0.05) is 12.1 Å². The third-order valence-corrected chi connectivity index (χ3v) is 3.53. The molecule has 0 saturated carbocycles. The zero-order chi connectivity index (χ0) is 14.8. The first-order valence-corrected chi connectivity index (χ1v) is 6.75. The molecule has 1 aliphatic heterocycles. The highest BCUT2D eigenvalue weighted by atomic mass is 16.2. The van der Waals surface area contributed by atoms with Crippen molar-refractivity contribution in [3.8, 4) is 0 Å². The topological polar surface area (TPSA) is 71.1 Å². The zero-order valence-corrected chi connectivity index (χ0v) is 11.6. The van der Waals surface area contributed by atoms with Gasteiger partial charge in [0, 0.05) is 17.4 Å². The third kappa shape index (κ3) is 2.76. The molecule has 5 nitrogen and oxygen atoms in total. The molecular weight excluding hydrogens is 266 g/mol. The Labute approximate surface area is 122 Å². The van der Waals surface area contributed by atoms with Crippen molar-refractivity contribution in [3.05, 3.63) is 58.9 Å². The lowest BCUT2D eigenvalue weighted by Crippen LogP contribution is -2.23. The molecule has 0 fully saturated rings. The smallest absolute Gasteiger partial charge is 0.251 e. The second-order valence-electron chi connectivity index (χ2n) is 5.05. The highest BCUT2D eigenvalue weighted by Crippen LogP contribution is 2.23. The van der Waals surface area contributed by atoms with Crippen molar-refractivity contribution in [2.75, 3.05) is 5.32 Å². The first-order valence-electron chi connectivity index (χ1n) is 6.75. The average molecular weight is 281 g/mol. The van der Waals surface area contributed by atoms with Crippen LogP contribution in [0.3, 0.4) is 0 Å². The van der Waals surface area contributed by atoms with E-state index >= 15 is 0 Å². The largest absolute Gasteiger partial charge is 0.346 e. The minimum atomic E-state index is -0.177. The number of carbonyl (C=O) groups is 2. The summed E-state index contributed by atoms with van der Waals surface area (Å²) in [7, 11) is 0. The lowest BCUT2D eigenvalue weighted by molar-refractivity contribution is -0.115. The highest BCUT2D eigenvalue weighted by Gasteiger charge is 2.19. The van der Waals surface area contributed by atoms with E-state index in [9.17, 15) is 9.59 Å². The Kier molecular flexibility index (Phi) is 3.39. The van der Waals surface area contributed by atoms with Gasteiger partial charge in [-0.3, -0.25) is 14.6 Å². The lowest BCUT2D eigenvalue weighted by atomic mass is 10.1. The second-order valence-corrected chi connectivity index (χ2v) is 5.05. The highest BCUT2D eigenvalue weighted by molar-refractivity contribution is 6.02. The van der Waals surface area contributed by atoms with Crippen LogP contribution in [0.5, 0.6) is 0 Å². The van der Waals surface area contributed by atoms with Gasteiger partial charge in [0.2, 0.25) is 5.91 Å². The molecule has 1 aliphatic rings. The van der Waals surface area contributed by atoms with E-state index in [4.69, 9.17) is 0 Å². The standard InChI is InChI=1S/C16H15N3O2/c1-10-3-2-6-17-14(10)9-18-16(21)12-5-4-11-8-15(20)19-13(11)7-12/h2-7H,8-9H2,1H3,(H,18,21)(H,19,20). The number of nitrogens with one attached hydrogen (secondary N) is 2. The molecule has 2 aromatic rings. The van der Waals surface area contributed by atoms with Crippen LogP contribution in [0.4, 0.5) is 5.69 Å². The maximum Gasteiger partial charge on any atom is 0.251 e. The quantitative estimate of drug-likeness (QED) is 0.901. The summed E-state index contributed by atoms with van der Waals surface area (Å²) in [5, 5.41) is 5.59. The Hall–Kier alpha value is -2.69. The molecule has 0 radical (unpaired) electrons. The number of carbonyl (C=O) groups excluding carboxylic acids is 2. The Morgan fingerprint density at radius 1 is 1.38 bits per heavy atom. The summed E-state index contributed by atoms with van der Waals surface area (Å²) in [5.74, 6) is -0.212. The predicted molar refractivity (Wildman–Crippen MR) is 78.9 cm³/mol. The fourth-order valence-electron chi connectivity index (χ4n) is 2.33. The molecule has 0 saturated heterocycles. The van der Waals surface area contributed by atoms with Crippen LogP contribution >= 0.6 is 0 Å². The van der Waals surface area contributed by atoms with Crippen molar-refractivity contribution in [1.82, 2.24) is 10.3 Å². The third-order valence-electron chi connectivity index (χ3n) is 3.53. The Balaban J connectivity index is 1.71. The molecule has 5 heteroatoms. The van der Waals surface area contributed by atoms with Crippen LogP contribution in [0.1, 0.15) is 27.2 Å². The number of benzene rings is 1. The fraction of sp³-hybridized carbons (Fsp3) is 0.188. The number of aromatic nitrogens is 1. The first kappa shape index (κ1) is 13.3. The molecule has 2 N–H and O–H groups in total. The van der Waals surface area contributed by atoms with Crippen molar-refractivity contribution in [2.45, 2.75) is 19.9 Å². The normalized spacial score (nSPS) is 12.7. The number of hydrogen-bond acceptors (Lipinski definition) is 3. The summed E-state index contributed by atoms with van der Waals surface area (Å²) in [6, 6.07) is 9.08. The summed E-state index contributed by atoms with van der Waals surface area (Å²) < 4.78 is 0. The van der Waals surface area contributed by atoms with E-state index in [2.05, 4.69) is 15.6 Å².